The number of carbonyl (C=O) groups is 5. The standard InChI is InChI=1S/C17H26N6O8/c1-7(21-15(28)10(18)4-12(25)26)14(27)23-13(8(2)24)16(29)22-11(17(30)31)3-9-5-19-6-20-9/h5-8,10-11,13,24H,3-4,18H2,1-2H3,(H,19,20)(H,21,28)(H,22,29)(H,23,27)(H,25,26)(H,30,31). The van der Waals surface area contributed by atoms with Crippen LogP contribution in [0.4, 0.5) is 0 Å². The van der Waals surface area contributed by atoms with Crippen LogP contribution in [0.2, 0.25) is 0 Å². The number of aromatic nitrogens is 2. The SMILES string of the molecule is CC(NC(=O)C(N)CC(=O)O)C(=O)NC(C(=O)NC(Cc1cnc[nH]1)C(=O)O)C(C)O. The van der Waals surface area contributed by atoms with E-state index in [1.54, 1.807) is 0 Å². The van der Waals surface area contributed by atoms with Crippen LogP contribution in [0.25, 0.3) is 0 Å². The van der Waals surface area contributed by atoms with E-state index in [0.717, 1.165) is 0 Å². The van der Waals surface area contributed by atoms with Gasteiger partial charge in [0.05, 0.1) is 24.9 Å². The number of aliphatic hydroxyl groups is 1. The zero-order valence-electron chi connectivity index (χ0n) is 16.9. The van der Waals surface area contributed by atoms with Crippen molar-refractivity contribution in [3.63, 3.8) is 0 Å². The lowest BCUT2D eigenvalue weighted by Gasteiger charge is -2.25. The number of carbonyl (C=O) groups excluding carboxylic acids is 3. The zero-order valence-corrected chi connectivity index (χ0v) is 16.9. The Hall–Kier alpha value is -3.52. The fourth-order valence-corrected chi connectivity index (χ4v) is 2.43. The van der Waals surface area contributed by atoms with Gasteiger partial charge in [-0.15, -0.1) is 0 Å². The normalized spacial score (nSPS) is 15.6. The number of nitrogens with zero attached hydrogens (tertiary/aromatic N) is 1. The second-order valence-electron chi connectivity index (χ2n) is 6.84. The van der Waals surface area contributed by atoms with Crippen LogP contribution in [0, 0.1) is 0 Å². The number of nitrogens with two attached hydrogens (primary N) is 1. The first-order valence-electron chi connectivity index (χ1n) is 9.19. The Morgan fingerprint density at radius 1 is 1.06 bits per heavy atom. The Labute approximate surface area is 176 Å². The summed E-state index contributed by atoms with van der Waals surface area (Å²) in [6.07, 6.45) is 0.562. The van der Waals surface area contributed by atoms with E-state index in [9.17, 15) is 34.2 Å². The summed E-state index contributed by atoms with van der Waals surface area (Å²) in [7, 11) is 0. The van der Waals surface area contributed by atoms with E-state index < -0.39 is 66.4 Å². The van der Waals surface area contributed by atoms with Crippen molar-refractivity contribution >= 4 is 29.7 Å². The highest BCUT2D eigenvalue weighted by atomic mass is 16.4. The molecule has 1 aromatic heterocycles. The van der Waals surface area contributed by atoms with E-state index in [1.807, 2.05) is 0 Å². The molecule has 1 aromatic rings. The van der Waals surface area contributed by atoms with Crippen LogP contribution in [-0.4, -0.2) is 85.2 Å². The van der Waals surface area contributed by atoms with Crippen molar-refractivity contribution in [1.29, 1.82) is 0 Å². The molecule has 0 aliphatic rings. The molecule has 9 N–H and O–H groups in total. The van der Waals surface area contributed by atoms with E-state index in [4.69, 9.17) is 10.8 Å². The third-order valence-electron chi connectivity index (χ3n) is 4.14. The predicted octanol–water partition coefficient (Wildman–Crippen LogP) is -3.31. The molecule has 0 bridgehead atoms. The summed E-state index contributed by atoms with van der Waals surface area (Å²) in [5.74, 6) is -5.37. The lowest BCUT2D eigenvalue weighted by molar-refractivity contribution is -0.143. The molecule has 5 atom stereocenters. The summed E-state index contributed by atoms with van der Waals surface area (Å²) < 4.78 is 0. The monoisotopic (exact) mass is 442 g/mol. The van der Waals surface area contributed by atoms with Gasteiger partial charge >= 0.3 is 11.9 Å². The van der Waals surface area contributed by atoms with Crippen LogP contribution in [0.1, 0.15) is 26.0 Å². The number of aliphatic hydroxyl groups excluding tert-OH is 1. The fourth-order valence-electron chi connectivity index (χ4n) is 2.43. The van der Waals surface area contributed by atoms with Crippen LogP contribution in [0.5, 0.6) is 0 Å². The fraction of sp³-hybridized carbons (Fsp3) is 0.529. The number of H-pyrrole nitrogens is 1. The van der Waals surface area contributed by atoms with Gasteiger partial charge in [0.2, 0.25) is 17.7 Å². The molecule has 0 aliphatic heterocycles. The summed E-state index contributed by atoms with van der Waals surface area (Å²) in [4.78, 5) is 65.1. The first kappa shape index (κ1) is 25.5. The highest BCUT2D eigenvalue weighted by Gasteiger charge is 2.31. The quantitative estimate of drug-likeness (QED) is 0.160. The Kier molecular flexibility index (Phi) is 9.56. The smallest absolute Gasteiger partial charge is 0.326 e. The van der Waals surface area contributed by atoms with Crippen LogP contribution in [0.3, 0.4) is 0 Å². The molecule has 172 valence electrons. The van der Waals surface area contributed by atoms with E-state index >= 15 is 0 Å². The molecule has 1 rings (SSSR count). The van der Waals surface area contributed by atoms with Crippen molar-refractivity contribution in [1.82, 2.24) is 25.9 Å². The average Bonchev–Trinajstić information content (AvgIpc) is 3.17. The molecule has 14 nitrogen and oxygen atoms in total. The maximum Gasteiger partial charge on any atom is 0.326 e. The van der Waals surface area contributed by atoms with Gasteiger partial charge in [-0.2, -0.15) is 0 Å². The van der Waals surface area contributed by atoms with Gasteiger partial charge in [-0.25, -0.2) is 9.78 Å². The molecular formula is C17H26N6O8. The van der Waals surface area contributed by atoms with Gasteiger partial charge in [0.1, 0.15) is 18.1 Å². The molecule has 0 fully saturated rings. The van der Waals surface area contributed by atoms with Gasteiger partial charge < -0.3 is 42.0 Å². The van der Waals surface area contributed by atoms with Crippen molar-refractivity contribution in [2.24, 2.45) is 5.73 Å². The van der Waals surface area contributed by atoms with Crippen LogP contribution >= 0.6 is 0 Å². The molecule has 0 radical (unpaired) electrons. The molecular weight excluding hydrogens is 416 g/mol. The molecule has 31 heavy (non-hydrogen) atoms. The van der Waals surface area contributed by atoms with E-state index in [-0.39, 0.29) is 6.42 Å². The molecule has 0 aliphatic carbocycles. The highest BCUT2D eigenvalue weighted by Crippen LogP contribution is 2.02. The van der Waals surface area contributed by atoms with Gasteiger partial charge in [0.15, 0.2) is 0 Å². The number of amides is 3. The minimum atomic E-state index is -1.52. The number of carboxylic acid groups (broad SMARTS) is 2. The zero-order chi connectivity index (χ0) is 23.7. The second-order valence-corrected chi connectivity index (χ2v) is 6.84. The van der Waals surface area contributed by atoms with Crippen LogP contribution in [0.15, 0.2) is 12.5 Å². The number of rotatable bonds is 12. The van der Waals surface area contributed by atoms with Crippen molar-refractivity contribution in [3.05, 3.63) is 18.2 Å². The lowest BCUT2D eigenvalue weighted by atomic mass is 10.1. The molecule has 0 spiro atoms. The van der Waals surface area contributed by atoms with E-state index in [0.29, 0.717) is 5.69 Å². The van der Waals surface area contributed by atoms with E-state index in [1.165, 1.54) is 26.4 Å². The number of nitrogens with one attached hydrogen (secondary N) is 4. The minimum Gasteiger partial charge on any atom is -0.481 e. The minimum absolute atomic E-state index is 0.116. The number of hydrogen-bond donors (Lipinski definition) is 8. The maximum atomic E-state index is 12.5. The average molecular weight is 442 g/mol. The Bertz CT molecular complexity index is 797. The van der Waals surface area contributed by atoms with E-state index in [2.05, 4.69) is 25.9 Å². The topological polar surface area (TPSA) is 237 Å². The molecule has 14 heteroatoms. The third-order valence-corrected chi connectivity index (χ3v) is 4.14. The Morgan fingerprint density at radius 3 is 2.19 bits per heavy atom. The van der Waals surface area contributed by atoms with Crippen molar-refractivity contribution in [2.45, 2.75) is 57.0 Å². The summed E-state index contributed by atoms with van der Waals surface area (Å²) in [5, 5.41) is 34.5. The molecule has 3 amide bonds. The number of aromatic amines is 1. The summed E-state index contributed by atoms with van der Waals surface area (Å²) >= 11 is 0. The summed E-state index contributed by atoms with van der Waals surface area (Å²) in [5.41, 5.74) is 5.86. The van der Waals surface area contributed by atoms with Gasteiger partial charge in [-0.1, -0.05) is 0 Å². The summed E-state index contributed by atoms with van der Waals surface area (Å²) in [6.45, 7) is 2.47. The highest BCUT2D eigenvalue weighted by molar-refractivity contribution is 5.94. The molecule has 0 saturated carbocycles. The van der Waals surface area contributed by atoms with Crippen LogP contribution in [-0.2, 0) is 30.4 Å². The number of carboxylic acids is 2. The first-order valence-corrected chi connectivity index (χ1v) is 9.19. The Balaban J connectivity index is 2.75. The Morgan fingerprint density at radius 2 is 1.71 bits per heavy atom. The van der Waals surface area contributed by atoms with Crippen molar-refractivity contribution < 1.29 is 39.3 Å². The van der Waals surface area contributed by atoms with Gasteiger partial charge in [-0.05, 0) is 13.8 Å². The van der Waals surface area contributed by atoms with Gasteiger partial charge in [0.25, 0.3) is 0 Å². The largest absolute Gasteiger partial charge is 0.481 e. The van der Waals surface area contributed by atoms with Crippen LogP contribution < -0.4 is 21.7 Å². The molecule has 0 saturated heterocycles. The number of imidazole rings is 1. The summed E-state index contributed by atoms with van der Waals surface area (Å²) in [6, 6.07) is -5.50. The second kappa shape index (κ2) is 11.6. The van der Waals surface area contributed by atoms with Gasteiger partial charge in [0, 0.05) is 18.3 Å². The predicted molar refractivity (Wildman–Crippen MR) is 103 cm³/mol. The molecule has 5 unspecified atom stereocenters. The number of hydrogen-bond acceptors (Lipinski definition) is 8. The lowest BCUT2D eigenvalue weighted by Crippen LogP contribution is -2.59. The maximum absolute atomic E-state index is 12.5. The number of aliphatic carboxylic acids is 2. The first-order chi connectivity index (χ1) is 14.4. The molecule has 1 heterocycles. The van der Waals surface area contributed by atoms with Gasteiger partial charge in [-0.3, -0.25) is 19.2 Å². The van der Waals surface area contributed by atoms with Crippen molar-refractivity contribution in [3.8, 4) is 0 Å². The third kappa shape index (κ3) is 8.39. The molecule has 0 aromatic carbocycles. The van der Waals surface area contributed by atoms with Crippen molar-refractivity contribution in [2.75, 3.05) is 0 Å².